The fourth-order valence-corrected chi connectivity index (χ4v) is 3.05. The van der Waals surface area contributed by atoms with Crippen LogP contribution in [0.4, 0.5) is 5.69 Å². The number of aliphatic imine (C=N–C) groups is 1. The molecule has 3 rings (SSSR count). The summed E-state index contributed by atoms with van der Waals surface area (Å²) < 4.78 is 5.38. The Hall–Kier alpha value is -2.29. The van der Waals surface area contributed by atoms with Crippen molar-refractivity contribution >= 4 is 11.5 Å². The third-order valence-corrected chi connectivity index (χ3v) is 4.32. The third-order valence-electron chi connectivity index (χ3n) is 4.32. The molecule has 3 nitrogen and oxygen atoms in total. The summed E-state index contributed by atoms with van der Waals surface area (Å²) in [5.41, 5.74) is 3.62. The lowest BCUT2D eigenvalue weighted by atomic mass is 9.97. The van der Waals surface area contributed by atoms with Crippen LogP contribution in [0.5, 0.6) is 5.75 Å². The van der Waals surface area contributed by atoms with E-state index < -0.39 is 0 Å². The molecule has 1 aliphatic rings. The highest BCUT2D eigenvalue weighted by Crippen LogP contribution is 2.35. The van der Waals surface area contributed by atoms with Gasteiger partial charge in [-0.25, -0.2) is 4.99 Å². The van der Waals surface area contributed by atoms with Gasteiger partial charge in [-0.2, -0.15) is 0 Å². The summed E-state index contributed by atoms with van der Waals surface area (Å²) in [6, 6.07) is 17.1. The molecule has 22 heavy (non-hydrogen) atoms. The minimum absolute atomic E-state index is 0.299. The number of likely N-dealkylation sites (N-methyl/N-ethyl adjacent to an activating group) is 1. The minimum Gasteiger partial charge on any atom is -0.497 e. The standard InChI is InChI=1S/C19H22N2O/c1-4-19-20-17-11-10-16(22-3)12-15(17)13-18(21(19)2)14-8-6-5-7-9-14/h5-12,18H,4,13H2,1-3H3. The number of hydrogen-bond donors (Lipinski definition) is 0. The van der Waals surface area contributed by atoms with Gasteiger partial charge in [0.2, 0.25) is 0 Å². The van der Waals surface area contributed by atoms with Gasteiger partial charge in [0, 0.05) is 13.5 Å². The summed E-state index contributed by atoms with van der Waals surface area (Å²) in [4.78, 5) is 7.18. The smallest absolute Gasteiger partial charge is 0.119 e. The highest BCUT2D eigenvalue weighted by molar-refractivity contribution is 5.86. The van der Waals surface area contributed by atoms with Crippen molar-refractivity contribution in [1.82, 2.24) is 4.90 Å². The van der Waals surface area contributed by atoms with E-state index in [9.17, 15) is 0 Å². The van der Waals surface area contributed by atoms with Gasteiger partial charge in [0.15, 0.2) is 0 Å². The first kappa shape index (κ1) is 14.6. The largest absolute Gasteiger partial charge is 0.497 e. The Kier molecular flexibility index (Phi) is 4.14. The maximum absolute atomic E-state index is 5.38. The highest BCUT2D eigenvalue weighted by Gasteiger charge is 2.24. The van der Waals surface area contributed by atoms with E-state index in [0.717, 1.165) is 30.1 Å². The number of benzene rings is 2. The van der Waals surface area contributed by atoms with Crippen LogP contribution in [0.25, 0.3) is 0 Å². The Balaban J connectivity index is 2.08. The van der Waals surface area contributed by atoms with Gasteiger partial charge >= 0.3 is 0 Å². The predicted octanol–water partition coefficient (Wildman–Crippen LogP) is 4.36. The molecular formula is C19H22N2O. The van der Waals surface area contributed by atoms with E-state index in [0.29, 0.717) is 6.04 Å². The van der Waals surface area contributed by atoms with E-state index in [1.807, 2.05) is 6.07 Å². The van der Waals surface area contributed by atoms with Gasteiger partial charge in [0.25, 0.3) is 0 Å². The number of ether oxygens (including phenoxy) is 1. The zero-order valence-corrected chi connectivity index (χ0v) is 13.4. The molecule has 2 aromatic rings. The zero-order chi connectivity index (χ0) is 15.5. The number of amidine groups is 1. The molecule has 1 unspecified atom stereocenters. The number of rotatable bonds is 3. The monoisotopic (exact) mass is 294 g/mol. The Morgan fingerprint density at radius 2 is 1.95 bits per heavy atom. The molecular weight excluding hydrogens is 272 g/mol. The van der Waals surface area contributed by atoms with E-state index in [2.05, 4.69) is 61.3 Å². The average Bonchev–Trinajstić information content (AvgIpc) is 2.71. The summed E-state index contributed by atoms with van der Waals surface area (Å²) in [7, 11) is 3.85. The lowest BCUT2D eigenvalue weighted by molar-refractivity contribution is 0.369. The quantitative estimate of drug-likeness (QED) is 0.840. The SMILES string of the molecule is CCC1=Nc2ccc(OC)cc2CC(c2ccccc2)N1C. The van der Waals surface area contributed by atoms with Crippen molar-refractivity contribution in [2.45, 2.75) is 25.8 Å². The van der Waals surface area contributed by atoms with E-state index >= 15 is 0 Å². The van der Waals surface area contributed by atoms with Crippen LogP contribution in [-0.2, 0) is 6.42 Å². The molecule has 0 bridgehead atoms. The predicted molar refractivity (Wildman–Crippen MR) is 91.0 cm³/mol. The molecule has 0 aromatic heterocycles. The van der Waals surface area contributed by atoms with Crippen LogP contribution in [0.1, 0.15) is 30.5 Å². The topological polar surface area (TPSA) is 24.8 Å². The first-order chi connectivity index (χ1) is 10.7. The van der Waals surface area contributed by atoms with Gasteiger partial charge in [-0.15, -0.1) is 0 Å². The lowest BCUT2D eigenvalue weighted by Gasteiger charge is -2.29. The van der Waals surface area contributed by atoms with Crippen molar-refractivity contribution in [2.75, 3.05) is 14.2 Å². The molecule has 0 N–H and O–H groups in total. The summed E-state index contributed by atoms with van der Waals surface area (Å²) in [6.07, 6.45) is 1.85. The number of nitrogens with zero attached hydrogens (tertiary/aromatic N) is 2. The molecule has 0 fully saturated rings. The van der Waals surface area contributed by atoms with Crippen LogP contribution in [-0.4, -0.2) is 24.9 Å². The van der Waals surface area contributed by atoms with Crippen LogP contribution in [0.2, 0.25) is 0 Å². The van der Waals surface area contributed by atoms with E-state index in [1.165, 1.54) is 11.1 Å². The maximum Gasteiger partial charge on any atom is 0.119 e. The Morgan fingerprint density at radius 3 is 2.64 bits per heavy atom. The summed E-state index contributed by atoms with van der Waals surface area (Å²) in [6.45, 7) is 2.16. The fourth-order valence-electron chi connectivity index (χ4n) is 3.05. The van der Waals surface area contributed by atoms with Crippen molar-refractivity contribution in [1.29, 1.82) is 0 Å². The molecule has 0 spiro atoms. The zero-order valence-electron chi connectivity index (χ0n) is 13.4. The number of methoxy groups -OCH3 is 1. The Bertz CT molecular complexity index is 679. The van der Waals surface area contributed by atoms with Crippen molar-refractivity contribution in [3.63, 3.8) is 0 Å². The average molecular weight is 294 g/mol. The number of fused-ring (bicyclic) bond motifs is 1. The van der Waals surface area contributed by atoms with E-state index in [4.69, 9.17) is 9.73 Å². The van der Waals surface area contributed by atoms with Crippen molar-refractivity contribution in [2.24, 2.45) is 4.99 Å². The molecule has 1 aliphatic heterocycles. The maximum atomic E-state index is 5.38. The van der Waals surface area contributed by atoms with Crippen LogP contribution in [0.3, 0.4) is 0 Å². The molecule has 0 amide bonds. The summed E-state index contributed by atoms with van der Waals surface area (Å²) >= 11 is 0. The Labute approximate surface area is 132 Å². The van der Waals surface area contributed by atoms with Gasteiger partial charge in [-0.1, -0.05) is 37.3 Å². The van der Waals surface area contributed by atoms with Crippen LogP contribution in [0, 0.1) is 0 Å². The molecule has 0 saturated carbocycles. The molecule has 1 atom stereocenters. The van der Waals surface area contributed by atoms with Gasteiger partial charge in [-0.3, -0.25) is 0 Å². The molecule has 1 heterocycles. The number of hydrogen-bond acceptors (Lipinski definition) is 3. The first-order valence-electron chi connectivity index (χ1n) is 7.75. The van der Waals surface area contributed by atoms with Crippen molar-refractivity contribution in [3.05, 3.63) is 59.7 Å². The Morgan fingerprint density at radius 1 is 1.18 bits per heavy atom. The molecule has 0 aliphatic carbocycles. The molecule has 3 heteroatoms. The van der Waals surface area contributed by atoms with Crippen molar-refractivity contribution < 1.29 is 4.74 Å². The molecule has 2 aromatic carbocycles. The van der Waals surface area contributed by atoms with Gasteiger partial charge in [-0.05, 0) is 35.7 Å². The summed E-state index contributed by atoms with van der Waals surface area (Å²) in [5, 5.41) is 0. The van der Waals surface area contributed by atoms with Crippen LogP contribution >= 0.6 is 0 Å². The molecule has 114 valence electrons. The van der Waals surface area contributed by atoms with Gasteiger partial charge in [0.1, 0.15) is 11.6 Å². The summed E-state index contributed by atoms with van der Waals surface area (Å²) in [5.74, 6) is 2.01. The third kappa shape index (κ3) is 2.71. The van der Waals surface area contributed by atoms with Gasteiger partial charge in [0.05, 0.1) is 18.8 Å². The molecule has 0 saturated heterocycles. The second-order valence-electron chi connectivity index (χ2n) is 5.62. The minimum atomic E-state index is 0.299. The highest BCUT2D eigenvalue weighted by atomic mass is 16.5. The van der Waals surface area contributed by atoms with Crippen LogP contribution < -0.4 is 4.74 Å². The fraction of sp³-hybridized carbons (Fsp3) is 0.316. The van der Waals surface area contributed by atoms with E-state index in [1.54, 1.807) is 7.11 Å². The molecule has 0 radical (unpaired) electrons. The second kappa shape index (κ2) is 6.22. The normalized spacial score (nSPS) is 17.5. The van der Waals surface area contributed by atoms with Crippen molar-refractivity contribution in [3.8, 4) is 5.75 Å². The first-order valence-corrected chi connectivity index (χ1v) is 7.75. The van der Waals surface area contributed by atoms with Gasteiger partial charge < -0.3 is 9.64 Å². The lowest BCUT2D eigenvalue weighted by Crippen LogP contribution is -2.30. The van der Waals surface area contributed by atoms with E-state index in [-0.39, 0.29) is 0 Å². The van der Waals surface area contributed by atoms with Crippen LogP contribution in [0.15, 0.2) is 53.5 Å². The second-order valence-corrected chi connectivity index (χ2v) is 5.62.